The van der Waals surface area contributed by atoms with Crippen LogP contribution in [-0.4, -0.2) is 22.3 Å². The van der Waals surface area contributed by atoms with E-state index in [1.165, 1.54) is 10.9 Å². The molecule has 1 aromatic heterocycles. The van der Waals surface area contributed by atoms with Gasteiger partial charge in [0.1, 0.15) is 0 Å². The van der Waals surface area contributed by atoms with Gasteiger partial charge in [-0.15, -0.1) is 0 Å². The molecule has 1 amide bonds. The summed E-state index contributed by atoms with van der Waals surface area (Å²) in [5, 5.41) is 1.92. The Kier molecular flexibility index (Phi) is 4.89. The van der Waals surface area contributed by atoms with E-state index >= 15 is 0 Å². The smallest absolute Gasteiger partial charge is 0.247 e. The number of amides is 1. The minimum atomic E-state index is -0.175. The topological polar surface area (TPSA) is 36.1 Å². The fourth-order valence-corrected chi connectivity index (χ4v) is 4.42. The van der Waals surface area contributed by atoms with Crippen molar-refractivity contribution in [2.24, 2.45) is 0 Å². The van der Waals surface area contributed by atoms with Crippen LogP contribution in [0.4, 0.5) is 0 Å². The largest absolute Gasteiger partial charge is 0.356 e. The first-order chi connectivity index (χ1) is 14.7. The number of fused-ring (bicyclic) bond motifs is 3. The lowest BCUT2D eigenvalue weighted by Crippen LogP contribution is -2.39. The molecule has 0 radical (unpaired) electrons. The van der Waals surface area contributed by atoms with E-state index in [2.05, 4.69) is 23.2 Å². The van der Waals surface area contributed by atoms with Crippen LogP contribution in [0.5, 0.6) is 0 Å². The maximum atomic E-state index is 13.2. The summed E-state index contributed by atoms with van der Waals surface area (Å²) in [6, 6.07) is 25.8. The highest BCUT2D eigenvalue weighted by Crippen LogP contribution is 2.38. The van der Waals surface area contributed by atoms with Gasteiger partial charge in [-0.1, -0.05) is 72.3 Å². The van der Waals surface area contributed by atoms with E-state index in [1.807, 2.05) is 71.6 Å². The number of hydrogen-bond acceptors (Lipinski definition) is 1. The fraction of sp³-hybridized carbons (Fsp3) is 0.115. The van der Waals surface area contributed by atoms with E-state index < -0.39 is 0 Å². The molecule has 1 N–H and O–H groups in total. The Labute approximate surface area is 180 Å². The molecule has 2 heterocycles. The number of carbonyl (C=O) groups is 1. The van der Waals surface area contributed by atoms with E-state index in [1.54, 1.807) is 6.08 Å². The van der Waals surface area contributed by atoms with Gasteiger partial charge in [0.05, 0.1) is 6.04 Å². The highest BCUT2D eigenvalue weighted by molar-refractivity contribution is 6.30. The van der Waals surface area contributed by atoms with Gasteiger partial charge in [-0.3, -0.25) is 4.79 Å². The van der Waals surface area contributed by atoms with Gasteiger partial charge in [-0.25, -0.2) is 0 Å². The first-order valence-electron chi connectivity index (χ1n) is 10.1. The quantitative estimate of drug-likeness (QED) is 0.411. The molecule has 0 saturated heterocycles. The van der Waals surface area contributed by atoms with Crippen LogP contribution in [0.25, 0.3) is 17.0 Å². The standard InChI is InChI=1S/C26H21ClN2O/c27-20-13-11-19(12-14-20)26-25-22(21-8-4-5-9-23(21)28-25)16-17-29(26)24(30)15-10-18-6-2-1-3-7-18/h1-15,26,28H,16-17H2/b15-10+. The lowest BCUT2D eigenvalue weighted by Gasteiger charge is -2.35. The van der Waals surface area contributed by atoms with Gasteiger partial charge >= 0.3 is 0 Å². The summed E-state index contributed by atoms with van der Waals surface area (Å²) in [5.74, 6) is 0.00288. The van der Waals surface area contributed by atoms with Gasteiger partial charge in [0, 0.05) is 34.2 Å². The number of halogens is 1. The fourth-order valence-electron chi connectivity index (χ4n) is 4.30. The van der Waals surface area contributed by atoms with Crippen molar-refractivity contribution in [1.82, 2.24) is 9.88 Å². The summed E-state index contributed by atoms with van der Waals surface area (Å²) in [7, 11) is 0. The van der Waals surface area contributed by atoms with E-state index in [0.29, 0.717) is 11.6 Å². The van der Waals surface area contributed by atoms with Gasteiger partial charge in [0.15, 0.2) is 0 Å². The van der Waals surface area contributed by atoms with Crippen molar-refractivity contribution in [2.75, 3.05) is 6.54 Å². The van der Waals surface area contributed by atoms with Crippen molar-refractivity contribution in [3.8, 4) is 0 Å². The molecule has 1 aliphatic heterocycles. The minimum Gasteiger partial charge on any atom is -0.356 e. The van der Waals surface area contributed by atoms with E-state index in [9.17, 15) is 4.79 Å². The molecule has 4 heteroatoms. The zero-order valence-corrected chi connectivity index (χ0v) is 17.1. The lowest BCUT2D eigenvalue weighted by atomic mass is 9.92. The Balaban J connectivity index is 1.57. The van der Waals surface area contributed by atoms with Crippen LogP contribution < -0.4 is 0 Å². The Hall–Kier alpha value is -3.30. The van der Waals surface area contributed by atoms with Crippen molar-refractivity contribution < 1.29 is 4.79 Å². The lowest BCUT2D eigenvalue weighted by molar-refractivity contribution is -0.128. The maximum Gasteiger partial charge on any atom is 0.247 e. The van der Waals surface area contributed by atoms with Crippen LogP contribution >= 0.6 is 11.6 Å². The Morgan fingerprint density at radius 3 is 2.50 bits per heavy atom. The number of carbonyl (C=O) groups excluding carboxylic acids is 1. The molecule has 30 heavy (non-hydrogen) atoms. The number of hydrogen-bond donors (Lipinski definition) is 1. The zero-order valence-electron chi connectivity index (χ0n) is 16.4. The Morgan fingerprint density at radius 2 is 1.70 bits per heavy atom. The van der Waals surface area contributed by atoms with Crippen LogP contribution in [0.15, 0.2) is 84.9 Å². The molecule has 0 spiro atoms. The summed E-state index contributed by atoms with van der Waals surface area (Å²) in [5.41, 5.74) is 5.55. The Bertz CT molecular complexity index is 1230. The van der Waals surface area contributed by atoms with Gasteiger partial charge in [0.2, 0.25) is 5.91 Å². The highest BCUT2D eigenvalue weighted by atomic mass is 35.5. The summed E-state index contributed by atoms with van der Waals surface area (Å²) >= 11 is 6.13. The molecule has 1 atom stereocenters. The van der Waals surface area contributed by atoms with Crippen molar-refractivity contribution in [1.29, 1.82) is 0 Å². The molecular weight excluding hydrogens is 392 g/mol. The second kappa shape index (κ2) is 7.85. The molecule has 0 aliphatic carbocycles. The average Bonchev–Trinajstić information content (AvgIpc) is 3.17. The summed E-state index contributed by atoms with van der Waals surface area (Å²) < 4.78 is 0. The molecule has 0 bridgehead atoms. The first-order valence-corrected chi connectivity index (χ1v) is 10.5. The number of H-pyrrole nitrogens is 1. The summed E-state index contributed by atoms with van der Waals surface area (Å²) in [6.45, 7) is 0.667. The van der Waals surface area contributed by atoms with Gasteiger partial charge in [0.25, 0.3) is 0 Å². The van der Waals surface area contributed by atoms with Crippen LogP contribution in [0.3, 0.4) is 0 Å². The number of nitrogens with one attached hydrogen (secondary N) is 1. The summed E-state index contributed by atoms with van der Waals surface area (Å²) in [6.07, 6.45) is 4.38. The van der Waals surface area contributed by atoms with Crippen LogP contribution in [0.1, 0.15) is 28.4 Å². The average molecular weight is 413 g/mol. The molecule has 3 nitrogen and oxygen atoms in total. The van der Waals surface area contributed by atoms with Crippen LogP contribution in [-0.2, 0) is 11.2 Å². The second-order valence-electron chi connectivity index (χ2n) is 7.54. The third kappa shape index (κ3) is 3.42. The van der Waals surface area contributed by atoms with Crippen molar-refractivity contribution in [3.63, 3.8) is 0 Å². The van der Waals surface area contributed by atoms with E-state index in [4.69, 9.17) is 11.6 Å². The molecule has 0 fully saturated rings. The molecule has 148 valence electrons. The van der Waals surface area contributed by atoms with E-state index in [0.717, 1.165) is 28.8 Å². The molecule has 1 unspecified atom stereocenters. The van der Waals surface area contributed by atoms with Crippen LogP contribution in [0, 0.1) is 0 Å². The minimum absolute atomic E-state index is 0.00288. The van der Waals surface area contributed by atoms with Gasteiger partial charge in [-0.05, 0) is 47.4 Å². The third-order valence-electron chi connectivity index (χ3n) is 5.72. The van der Waals surface area contributed by atoms with Gasteiger partial charge in [-0.2, -0.15) is 0 Å². The maximum absolute atomic E-state index is 13.2. The number of aromatic nitrogens is 1. The molecular formula is C26H21ClN2O. The van der Waals surface area contributed by atoms with Crippen molar-refractivity contribution >= 4 is 34.5 Å². The highest BCUT2D eigenvalue weighted by Gasteiger charge is 2.33. The van der Waals surface area contributed by atoms with Crippen LogP contribution in [0.2, 0.25) is 5.02 Å². The van der Waals surface area contributed by atoms with E-state index in [-0.39, 0.29) is 11.9 Å². The predicted octanol–water partition coefficient (Wildman–Crippen LogP) is 6.01. The number of rotatable bonds is 3. The molecule has 1 aliphatic rings. The van der Waals surface area contributed by atoms with Gasteiger partial charge < -0.3 is 9.88 Å². The number of aromatic amines is 1. The third-order valence-corrected chi connectivity index (χ3v) is 5.97. The number of nitrogens with zero attached hydrogens (tertiary/aromatic N) is 1. The normalized spacial score (nSPS) is 16.2. The predicted molar refractivity (Wildman–Crippen MR) is 122 cm³/mol. The number of para-hydroxylation sites is 1. The zero-order chi connectivity index (χ0) is 20.5. The summed E-state index contributed by atoms with van der Waals surface area (Å²) in [4.78, 5) is 18.8. The monoisotopic (exact) mass is 412 g/mol. The van der Waals surface area contributed by atoms with Crippen molar-refractivity contribution in [3.05, 3.63) is 112 Å². The molecule has 0 saturated carbocycles. The number of benzene rings is 3. The SMILES string of the molecule is O=C(/C=C/c1ccccc1)N1CCc2c([nH]c3ccccc23)C1c1ccc(Cl)cc1. The molecule has 3 aromatic carbocycles. The van der Waals surface area contributed by atoms with Crippen molar-refractivity contribution in [2.45, 2.75) is 12.5 Å². The second-order valence-corrected chi connectivity index (χ2v) is 7.98. The first kappa shape index (κ1) is 18.7. The molecule has 5 rings (SSSR count). The molecule has 4 aromatic rings. The Morgan fingerprint density at radius 1 is 0.967 bits per heavy atom.